The Labute approximate surface area is 106 Å². The predicted molar refractivity (Wildman–Crippen MR) is 71.3 cm³/mol. The van der Waals surface area contributed by atoms with Crippen LogP contribution in [0, 0.1) is 0 Å². The van der Waals surface area contributed by atoms with E-state index >= 15 is 0 Å². The van der Waals surface area contributed by atoms with Crippen molar-refractivity contribution in [1.29, 1.82) is 0 Å². The van der Waals surface area contributed by atoms with E-state index in [1.807, 2.05) is 0 Å². The first kappa shape index (κ1) is 13.3. The van der Waals surface area contributed by atoms with Crippen LogP contribution in [0.1, 0.15) is 46.0 Å². The second-order valence-corrected chi connectivity index (χ2v) is 6.05. The van der Waals surface area contributed by atoms with E-state index in [9.17, 15) is 0 Å². The zero-order valence-corrected chi connectivity index (χ0v) is 11.5. The van der Waals surface area contributed by atoms with Gasteiger partial charge in [-0.2, -0.15) is 0 Å². The van der Waals surface area contributed by atoms with Crippen molar-refractivity contribution in [2.75, 3.05) is 32.8 Å². The number of hydrogen-bond acceptors (Lipinski definition) is 3. The van der Waals surface area contributed by atoms with Gasteiger partial charge in [0.1, 0.15) is 0 Å². The van der Waals surface area contributed by atoms with Gasteiger partial charge in [-0.25, -0.2) is 0 Å². The topological polar surface area (TPSA) is 24.5 Å². The van der Waals surface area contributed by atoms with Crippen molar-refractivity contribution < 1.29 is 4.74 Å². The van der Waals surface area contributed by atoms with Gasteiger partial charge in [0.15, 0.2) is 0 Å². The predicted octanol–water partition coefficient (Wildman–Crippen LogP) is 2.02. The summed E-state index contributed by atoms with van der Waals surface area (Å²) in [6.45, 7) is 10.3. The molecule has 0 amide bonds. The first-order chi connectivity index (χ1) is 8.18. The number of hydrogen-bond donors (Lipinski definition) is 1. The van der Waals surface area contributed by atoms with Crippen molar-refractivity contribution in [3.05, 3.63) is 0 Å². The van der Waals surface area contributed by atoms with Gasteiger partial charge in [0.25, 0.3) is 0 Å². The van der Waals surface area contributed by atoms with Crippen LogP contribution in [0.4, 0.5) is 0 Å². The molecule has 2 unspecified atom stereocenters. The zero-order chi connectivity index (χ0) is 12.1. The summed E-state index contributed by atoms with van der Waals surface area (Å²) in [5.74, 6) is 0. The summed E-state index contributed by atoms with van der Waals surface area (Å²) in [4.78, 5) is 2.60. The molecule has 3 heteroatoms. The normalized spacial score (nSPS) is 32.8. The lowest BCUT2D eigenvalue weighted by Crippen LogP contribution is -2.46. The Morgan fingerprint density at radius 1 is 1.24 bits per heavy atom. The molecule has 0 aliphatic carbocycles. The minimum absolute atomic E-state index is 0.0934. The van der Waals surface area contributed by atoms with Gasteiger partial charge in [-0.05, 0) is 52.6 Å². The molecule has 0 aromatic carbocycles. The number of likely N-dealkylation sites (tertiary alicyclic amines) is 1. The molecule has 0 spiro atoms. The van der Waals surface area contributed by atoms with Gasteiger partial charge in [0.05, 0.1) is 5.60 Å². The molecular weight excluding hydrogens is 212 g/mol. The second kappa shape index (κ2) is 6.17. The maximum atomic E-state index is 5.80. The van der Waals surface area contributed by atoms with E-state index in [-0.39, 0.29) is 5.60 Å². The van der Waals surface area contributed by atoms with Crippen LogP contribution in [-0.2, 0) is 4.74 Å². The third-order valence-corrected chi connectivity index (χ3v) is 4.11. The molecule has 0 saturated carbocycles. The van der Waals surface area contributed by atoms with Gasteiger partial charge in [-0.1, -0.05) is 6.42 Å². The molecule has 2 saturated heterocycles. The summed E-state index contributed by atoms with van der Waals surface area (Å²) in [5, 5.41) is 3.65. The largest absolute Gasteiger partial charge is 0.374 e. The Bertz CT molecular complexity index is 220. The fraction of sp³-hybridized carbons (Fsp3) is 1.00. The van der Waals surface area contributed by atoms with Gasteiger partial charge >= 0.3 is 0 Å². The highest BCUT2D eigenvalue weighted by molar-refractivity contribution is 4.84. The number of ether oxygens (including phenoxy) is 1. The smallest absolute Gasteiger partial charge is 0.0779 e. The molecule has 0 aromatic rings. The Morgan fingerprint density at radius 3 is 2.65 bits per heavy atom. The Hall–Kier alpha value is -0.120. The molecule has 2 heterocycles. The van der Waals surface area contributed by atoms with E-state index in [1.165, 1.54) is 51.7 Å². The van der Waals surface area contributed by atoms with Crippen LogP contribution >= 0.6 is 0 Å². The summed E-state index contributed by atoms with van der Waals surface area (Å²) < 4.78 is 5.80. The molecule has 17 heavy (non-hydrogen) atoms. The quantitative estimate of drug-likeness (QED) is 0.795. The number of rotatable bonds is 5. The fourth-order valence-corrected chi connectivity index (χ4v) is 2.96. The first-order valence-corrected chi connectivity index (χ1v) is 7.28. The van der Waals surface area contributed by atoms with Crippen molar-refractivity contribution in [3.63, 3.8) is 0 Å². The van der Waals surface area contributed by atoms with Gasteiger partial charge < -0.3 is 15.0 Å². The summed E-state index contributed by atoms with van der Waals surface area (Å²) in [6.07, 6.45) is 6.61. The molecule has 2 aliphatic rings. The Balaban J connectivity index is 1.64. The van der Waals surface area contributed by atoms with Crippen LogP contribution in [-0.4, -0.2) is 49.3 Å². The van der Waals surface area contributed by atoms with E-state index in [2.05, 4.69) is 24.1 Å². The lowest BCUT2D eigenvalue weighted by molar-refractivity contribution is 0.0181. The van der Waals surface area contributed by atoms with Crippen LogP contribution in [0.3, 0.4) is 0 Å². The molecule has 0 bridgehead atoms. The molecule has 2 aliphatic heterocycles. The molecule has 1 N–H and O–H groups in total. The minimum Gasteiger partial charge on any atom is -0.374 e. The summed E-state index contributed by atoms with van der Waals surface area (Å²) in [5.41, 5.74) is 0.0934. The summed E-state index contributed by atoms with van der Waals surface area (Å²) in [7, 11) is 0. The lowest BCUT2D eigenvalue weighted by atomic mass is 10.0. The molecule has 100 valence electrons. The van der Waals surface area contributed by atoms with Crippen molar-refractivity contribution in [3.8, 4) is 0 Å². The number of piperidine rings is 1. The molecule has 2 fully saturated rings. The maximum absolute atomic E-state index is 5.80. The van der Waals surface area contributed by atoms with Crippen LogP contribution < -0.4 is 5.32 Å². The fourth-order valence-electron chi connectivity index (χ4n) is 2.96. The standard InChI is InChI=1S/C14H28N2O/c1-13(11-16-8-4-3-5-9-16)15-12-14(2)7-6-10-17-14/h13,15H,3-12H2,1-2H3. The first-order valence-electron chi connectivity index (χ1n) is 7.28. The van der Waals surface area contributed by atoms with E-state index < -0.39 is 0 Å². The second-order valence-electron chi connectivity index (χ2n) is 6.05. The van der Waals surface area contributed by atoms with Crippen molar-refractivity contribution in [2.24, 2.45) is 0 Å². The summed E-state index contributed by atoms with van der Waals surface area (Å²) >= 11 is 0. The highest BCUT2D eigenvalue weighted by Gasteiger charge is 2.29. The number of nitrogens with one attached hydrogen (secondary N) is 1. The maximum Gasteiger partial charge on any atom is 0.0779 e. The Morgan fingerprint density at radius 2 is 2.00 bits per heavy atom. The molecule has 3 nitrogen and oxygen atoms in total. The molecule has 2 rings (SSSR count). The SMILES string of the molecule is CC(CN1CCCCC1)NCC1(C)CCCO1. The molecular formula is C14H28N2O. The van der Waals surface area contributed by atoms with Crippen molar-refractivity contribution in [1.82, 2.24) is 10.2 Å². The van der Waals surface area contributed by atoms with Gasteiger partial charge in [-0.3, -0.25) is 0 Å². The minimum atomic E-state index is 0.0934. The van der Waals surface area contributed by atoms with Crippen LogP contribution in [0.5, 0.6) is 0 Å². The van der Waals surface area contributed by atoms with E-state index in [4.69, 9.17) is 4.74 Å². The molecule has 2 atom stereocenters. The lowest BCUT2D eigenvalue weighted by Gasteiger charge is -2.31. The highest BCUT2D eigenvalue weighted by atomic mass is 16.5. The number of nitrogens with zero attached hydrogens (tertiary/aromatic N) is 1. The van der Waals surface area contributed by atoms with Crippen LogP contribution in [0.2, 0.25) is 0 Å². The Kier molecular flexibility index (Phi) is 4.83. The van der Waals surface area contributed by atoms with Crippen molar-refractivity contribution >= 4 is 0 Å². The summed E-state index contributed by atoms with van der Waals surface area (Å²) in [6, 6.07) is 0.578. The van der Waals surface area contributed by atoms with Crippen LogP contribution in [0.15, 0.2) is 0 Å². The average molecular weight is 240 g/mol. The molecule has 0 aromatic heterocycles. The monoisotopic (exact) mass is 240 g/mol. The van der Waals surface area contributed by atoms with Crippen LogP contribution in [0.25, 0.3) is 0 Å². The van der Waals surface area contributed by atoms with Gasteiger partial charge in [0, 0.05) is 25.7 Å². The zero-order valence-electron chi connectivity index (χ0n) is 11.5. The highest BCUT2D eigenvalue weighted by Crippen LogP contribution is 2.24. The van der Waals surface area contributed by atoms with E-state index in [0.29, 0.717) is 6.04 Å². The molecule has 0 radical (unpaired) electrons. The van der Waals surface area contributed by atoms with Gasteiger partial charge in [-0.15, -0.1) is 0 Å². The van der Waals surface area contributed by atoms with Gasteiger partial charge in [0.2, 0.25) is 0 Å². The third-order valence-electron chi connectivity index (χ3n) is 4.11. The van der Waals surface area contributed by atoms with E-state index in [0.717, 1.165) is 13.2 Å². The third kappa shape index (κ3) is 4.23. The average Bonchev–Trinajstić information content (AvgIpc) is 2.76. The van der Waals surface area contributed by atoms with Crippen molar-refractivity contribution in [2.45, 2.75) is 57.6 Å². The van der Waals surface area contributed by atoms with E-state index in [1.54, 1.807) is 0 Å².